The molecule has 0 radical (unpaired) electrons. The number of aliphatic carboxylic acids is 2. The molecule has 30 heteroatoms. The first kappa shape index (κ1) is 76.8. The van der Waals surface area contributed by atoms with Crippen LogP contribution in [0.1, 0.15) is 125 Å². The van der Waals surface area contributed by atoms with E-state index in [0.29, 0.717) is 35.9 Å². The quantitative estimate of drug-likeness (QED) is 0.0317. The van der Waals surface area contributed by atoms with E-state index in [1.807, 2.05) is 6.92 Å². The molecule has 0 bridgehead atoms. The fraction of sp³-hybridized carbons (Fsp3) is 0.548. The lowest BCUT2D eigenvalue weighted by Crippen LogP contribution is -2.61. The minimum absolute atomic E-state index is 0.0741. The highest BCUT2D eigenvalue weighted by Gasteiger charge is 2.37. The number of H-pyrrole nitrogens is 1. The van der Waals surface area contributed by atoms with Crippen LogP contribution in [0.5, 0.6) is 11.5 Å². The first-order valence-corrected chi connectivity index (χ1v) is 30.5. The smallest absolute Gasteiger partial charge is 0.305 e. The van der Waals surface area contributed by atoms with E-state index < -0.39 is 162 Å². The molecule has 13 atom stereocenters. The Hall–Kier alpha value is -9.48. The molecule has 1 heterocycles. The molecule has 0 saturated carbocycles. The minimum atomic E-state index is -1.78. The van der Waals surface area contributed by atoms with Crippen molar-refractivity contribution in [2.75, 3.05) is 0 Å². The number of carboxylic acid groups (broad SMARTS) is 2. The molecule has 0 aliphatic heterocycles. The van der Waals surface area contributed by atoms with Gasteiger partial charge in [-0.1, -0.05) is 92.5 Å². The lowest BCUT2D eigenvalue weighted by molar-refractivity contribution is -0.142. The van der Waals surface area contributed by atoms with Gasteiger partial charge < -0.3 is 89.1 Å². The molecule has 0 aliphatic rings. The van der Waals surface area contributed by atoms with Crippen LogP contribution in [0, 0.1) is 23.7 Å². The third kappa shape index (κ3) is 25.8. The van der Waals surface area contributed by atoms with E-state index >= 15 is 0 Å². The Kier molecular flexibility index (Phi) is 31.4. The van der Waals surface area contributed by atoms with E-state index in [9.17, 15) is 77.6 Å². The van der Waals surface area contributed by atoms with Crippen molar-refractivity contribution >= 4 is 77.3 Å². The number of aromatic hydroxyl groups is 2. The monoisotopic (exact) mass is 1290 g/mol. The van der Waals surface area contributed by atoms with E-state index in [0.717, 1.165) is 0 Å². The molecule has 0 fully saturated rings. The summed E-state index contributed by atoms with van der Waals surface area (Å²) in [7, 11) is 0. The van der Waals surface area contributed by atoms with Gasteiger partial charge in [0.1, 0.15) is 72.2 Å². The molecule has 92 heavy (non-hydrogen) atoms. The second-order valence-corrected chi connectivity index (χ2v) is 23.7. The molecule has 0 spiro atoms. The van der Waals surface area contributed by atoms with Gasteiger partial charge >= 0.3 is 11.9 Å². The normalized spacial score (nSPS) is 15.4. The predicted molar refractivity (Wildman–Crippen MR) is 333 cm³/mol. The number of aldehydes is 1. The maximum absolute atomic E-state index is 14.6. The maximum atomic E-state index is 14.6. The number of nitrogens with zero attached hydrogens (tertiary/aromatic N) is 1. The molecule has 506 valence electrons. The molecule has 0 saturated heterocycles. The van der Waals surface area contributed by atoms with Crippen LogP contribution in [-0.2, 0) is 81.6 Å². The van der Waals surface area contributed by atoms with Crippen molar-refractivity contribution in [3.63, 3.8) is 0 Å². The number of hydrogen-bond acceptors (Lipinski definition) is 17. The van der Waals surface area contributed by atoms with Crippen molar-refractivity contribution in [1.82, 2.24) is 63.1 Å². The Morgan fingerprint density at radius 3 is 1.39 bits per heavy atom. The summed E-state index contributed by atoms with van der Waals surface area (Å²) >= 11 is 0. The van der Waals surface area contributed by atoms with Gasteiger partial charge in [-0.3, -0.25) is 57.5 Å². The number of aromatic nitrogens is 2. The lowest BCUT2D eigenvalue weighted by atomic mass is 9.95. The summed E-state index contributed by atoms with van der Waals surface area (Å²) in [4.78, 5) is 182. The zero-order valence-electron chi connectivity index (χ0n) is 53.5. The van der Waals surface area contributed by atoms with Gasteiger partial charge in [-0.05, 0) is 85.8 Å². The fourth-order valence-corrected chi connectivity index (χ4v) is 9.20. The zero-order chi connectivity index (χ0) is 69.1. The molecule has 3 rings (SSSR count). The molecular weight excluding hydrogens is 1200 g/mol. The molecule has 0 unspecified atom stereocenters. The molecule has 0 aliphatic carbocycles. The number of carbonyl (C=O) groups excluding carboxylic acids is 11. The number of hydrogen-bond donors (Lipinski definition) is 16. The lowest BCUT2D eigenvalue weighted by Gasteiger charge is -2.29. The van der Waals surface area contributed by atoms with Crippen molar-refractivity contribution in [3.8, 4) is 11.5 Å². The van der Waals surface area contributed by atoms with Gasteiger partial charge in [0.2, 0.25) is 59.1 Å². The number of phenolic OH excluding ortho intramolecular Hbond substituents is 2. The highest BCUT2D eigenvalue weighted by atomic mass is 16.4. The van der Waals surface area contributed by atoms with Crippen LogP contribution in [0.15, 0.2) is 61.1 Å². The molecule has 1 aromatic heterocycles. The highest BCUT2D eigenvalue weighted by Crippen LogP contribution is 2.17. The summed E-state index contributed by atoms with van der Waals surface area (Å²) in [6.07, 6.45) is 1.75. The Morgan fingerprint density at radius 2 is 0.924 bits per heavy atom. The number of phenols is 2. The second kappa shape index (κ2) is 37.6. The number of carboxylic acids is 2. The van der Waals surface area contributed by atoms with Crippen molar-refractivity contribution in [2.45, 2.75) is 193 Å². The van der Waals surface area contributed by atoms with Crippen molar-refractivity contribution in [3.05, 3.63) is 77.9 Å². The number of aromatic amines is 1. The maximum Gasteiger partial charge on any atom is 0.305 e. The standard InChI is InChI=1S/C62H91N13O17/c1-11-33(7)48(29-76)73-62(92)52(34(8)12-2)75-60(90)47(27-50(81)82)71-57(87)43(23-31(3)4)69-59(89)46(26-39-28-64-30-65-39)68-53(83)35(9)67-56(86)44(24-37-13-17-40(77)18-14-37)70-58(88)45(25-38-15-19-41(78)20-16-38)72-61(91)51(32(5)6)74-54(84)36(10)66-55(85)42(63)21-22-49(79)80/h13-20,28-36,42-48,51-52,77-78H,11-12,21-27,63H2,1-10H3,(H,64,65)(H,66,85)(H,67,86)(H,68,83)(H,69,89)(H,70,88)(H,71,87)(H,72,91)(H,73,92)(H,74,84)(H,75,90)(H,79,80)(H,81,82)/t33-,34-,35-,36-,42-,43-,44-,45-,46-,47-,48+,51-,52-/m0/s1. The number of nitrogens with one attached hydrogen (secondary N) is 11. The predicted octanol–water partition coefficient (Wildman–Crippen LogP) is -0.603. The Balaban J connectivity index is 1.94. The summed E-state index contributed by atoms with van der Waals surface area (Å²) in [5.74, 6) is -13.7. The van der Waals surface area contributed by atoms with Gasteiger partial charge in [0, 0.05) is 37.6 Å². The van der Waals surface area contributed by atoms with Gasteiger partial charge in [-0.2, -0.15) is 0 Å². The van der Waals surface area contributed by atoms with Crippen LogP contribution in [0.4, 0.5) is 0 Å². The van der Waals surface area contributed by atoms with Gasteiger partial charge in [-0.25, -0.2) is 4.98 Å². The fourth-order valence-electron chi connectivity index (χ4n) is 9.20. The van der Waals surface area contributed by atoms with Crippen LogP contribution >= 0.6 is 0 Å². The number of nitrogens with two attached hydrogens (primary N) is 1. The second-order valence-electron chi connectivity index (χ2n) is 23.7. The van der Waals surface area contributed by atoms with E-state index in [4.69, 9.17) is 10.8 Å². The Bertz CT molecular complexity index is 3000. The van der Waals surface area contributed by atoms with E-state index in [1.54, 1.807) is 48.5 Å². The van der Waals surface area contributed by atoms with E-state index in [2.05, 4.69) is 63.1 Å². The molecule has 2 aromatic carbocycles. The third-order valence-corrected chi connectivity index (χ3v) is 15.2. The molecular formula is C62H91N13O17. The van der Waals surface area contributed by atoms with E-state index in [1.165, 1.54) is 74.9 Å². The van der Waals surface area contributed by atoms with Crippen LogP contribution in [0.3, 0.4) is 0 Å². The summed E-state index contributed by atoms with van der Waals surface area (Å²) in [6.45, 7) is 16.2. The Labute approximate surface area is 533 Å². The van der Waals surface area contributed by atoms with E-state index in [-0.39, 0.29) is 55.4 Å². The van der Waals surface area contributed by atoms with Crippen molar-refractivity contribution < 1.29 is 82.8 Å². The van der Waals surface area contributed by atoms with Crippen molar-refractivity contribution in [2.24, 2.45) is 29.4 Å². The van der Waals surface area contributed by atoms with Gasteiger partial charge in [0.15, 0.2) is 0 Å². The first-order chi connectivity index (χ1) is 43.3. The highest BCUT2D eigenvalue weighted by molar-refractivity contribution is 5.99. The van der Waals surface area contributed by atoms with Crippen LogP contribution in [0.25, 0.3) is 0 Å². The number of imidazole rings is 1. The largest absolute Gasteiger partial charge is 0.508 e. The topological polar surface area (TPSA) is 478 Å². The Morgan fingerprint density at radius 1 is 0.500 bits per heavy atom. The zero-order valence-corrected chi connectivity index (χ0v) is 53.5. The molecule has 30 nitrogen and oxygen atoms in total. The molecule has 10 amide bonds. The summed E-state index contributed by atoms with van der Waals surface area (Å²) in [5.41, 5.74) is 6.97. The van der Waals surface area contributed by atoms with Crippen molar-refractivity contribution in [1.29, 1.82) is 0 Å². The van der Waals surface area contributed by atoms with Crippen LogP contribution in [0.2, 0.25) is 0 Å². The molecule has 17 N–H and O–H groups in total. The summed E-state index contributed by atoms with van der Waals surface area (Å²) < 4.78 is 0. The first-order valence-electron chi connectivity index (χ1n) is 30.5. The third-order valence-electron chi connectivity index (χ3n) is 15.2. The SMILES string of the molecule is CC[C@H](C)[C@H](NC(=O)[C@H](CC(=O)O)NC(=O)[C@H](CC(C)C)NC(=O)[C@H](Cc1cnc[nH]1)NC(=O)[C@H](C)NC(=O)[C@H](Cc1ccc(O)cc1)NC(=O)[C@H](Cc1ccc(O)cc1)NC(=O)[C@@H](NC(=O)[C@H](C)NC(=O)[C@@H](N)CCC(=O)O)C(C)C)C(=O)N[C@H](C=O)[C@@H](C)CC. The molecule has 3 aromatic rings. The number of rotatable bonds is 39. The summed E-state index contributed by atoms with van der Waals surface area (Å²) in [6, 6.07) is -4.07. The average molecular weight is 1290 g/mol. The van der Waals surface area contributed by atoms with Crippen LogP contribution in [-0.4, -0.2) is 174 Å². The average Bonchev–Trinajstić information content (AvgIpc) is 1.39. The van der Waals surface area contributed by atoms with Crippen LogP contribution < -0.4 is 58.9 Å². The van der Waals surface area contributed by atoms with Gasteiger partial charge in [-0.15, -0.1) is 0 Å². The minimum Gasteiger partial charge on any atom is -0.508 e. The number of benzene rings is 2. The number of carbonyl (C=O) groups is 13. The number of amides is 10. The van der Waals surface area contributed by atoms with Gasteiger partial charge in [0.05, 0.1) is 24.8 Å². The van der Waals surface area contributed by atoms with Gasteiger partial charge in [0.25, 0.3) is 0 Å². The summed E-state index contributed by atoms with van der Waals surface area (Å²) in [5, 5.41) is 64.6.